The molecule has 4 heteroatoms. The predicted octanol–water partition coefficient (Wildman–Crippen LogP) is 7.50. The van der Waals surface area contributed by atoms with Crippen LogP contribution in [0.4, 0.5) is 5.69 Å². The molecule has 3 rings (SSSR count). The van der Waals surface area contributed by atoms with Gasteiger partial charge in [0.1, 0.15) is 11.5 Å². The van der Waals surface area contributed by atoms with Crippen molar-refractivity contribution in [1.29, 1.82) is 0 Å². The van der Waals surface area contributed by atoms with Crippen molar-refractivity contribution in [3.05, 3.63) is 78.9 Å². The minimum Gasteiger partial charge on any atom is -0.494 e. The Labute approximate surface area is 197 Å². The topological polar surface area (TPSA) is 47.6 Å². The lowest BCUT2D eigenvalue weighted by Crippen LogP contribution is -2.32. The first-order valence-corrected chi connectivity index (χ1v) is 12.1. The lowest BCUT2D eigenvalue weighted by Gasteiger charge is -2.18. The highest BCUT2D eigenvalue weighted by Crippen LogP contribution is 2.23. The summed E-state index contributed by atoms with van der Waals surface area (Å²) in [4.78, 5) is 12.8. The maximum atomic E-state index is 12.8. The molecule has 0 aliphatic carbocycles. The molecule has 1 unspecified atom stereocenters. The summed E-state index contributed by atoms with van der Waals surface area (Å²) in [5.74, 6) is 1.35. The van der Waals surface area contributed by atoms with Crippen molar-refractivity contribution < 1.29 is 14.3 Å². The molecular formula is C29H35NO3. The van der Waals surface area contributed by atoms with Gasteiger partial charge >= 0.3 is 0 Å². The Hall–Kier alpha value is -3.27. The van der Waals surface area contributed by atoms with E-state index in [0.29, 0.717) is 12.2 Å². The largest absolute Gasteiger partial charge is 0.494 e. The summed E-state index contributed by atoms with van der Waals surface area (Å²) in [6, 6.07) is 25.5. The van der Waals surface area contributed by atoms with E-state index in [0.717, 1.165) is 35.6 Å². The Kier molecular flexibility index (Phi) is 9.84. The summed E-state index contributed by atoms with van der Waals surface area (Å²) in [5, 5.41) is 2.95. The number of amides is 1. The third kappa shape index (κ3) is 7.98. The van der Waals surface area contributed by atoms with Crippen LogP contribution in [-0.4, -0.2) is 18.6 Å². The van der Waals surface area contributed by atoms with E-state index in [4.69, 9.17) is 9.47 Å². The molecule has 0 aliphatic rings. The fourth-order valence-electron chi connectivity index (χ4n) is 3.60. The van der Waals surface area contributed by atoms with E-state index >= 15 is 0 Å². The van der Waals surface area contributed by atoms with Crippen molar-refractivity contribution in [1.82, 2.24) is 0 Å². The maximum Gasteiger partial charge on any atom is 0.265 e. The molecule has 0 spiro atoms. The number of rotatable bonds is 13. The highest BCUT2D eigenvalue weighted by Gasteiger charge is 2.18. The number of benzene rings is 3. The molecule has 3 aromatic rings. The van der Waals surface area contributed by atoms with Crippen LogP contribution < -0.4 is 14.8 Å². The van der Waals surface area contributed by atoms with Gasteiger partial charge in [0.25, 0.3) is 5.91 Å². The van der Waals surface area contributed by atoms with Crippen molar-refractivity contribution >= 4 is 11.6 Å². The standard InChI is InChI=1S/C29H35NO3/c1-3-5-6-7-11-22-32-26-20-16-25(17-21-26)30-29(31)28(4-2)33-27-18-14-24(15-19-27)23-12-9-8-10-13-23/h8-10,12-21,28H,3-7,11,22H2,1-2H3,(H,30,31). The van der Waals surface area contributed by atoms with Crippen LogP contribution in [0.25, 0.3) is 11.1 Å². The van der Waals surface area contributed by atoms with Gasteiger partial charge in [-0.3, -0.25) is 4.79 Å². The van der Waals surface area contributed by atoms with Gasteiger partial charge in [-0.2, -0.15) is 0 Å². The average molecular weight is 446 g/mol. The molecule has 4 nitrogen and oxygen atoms in total. The van der Waals surface area contributed by atoms with Crippen molar-refractivity contribution in [3.63, 3.8) is 0 Å². The van der Waals surface area contributed by atoms with Crippen LogP contribution in [0, 0.1) is 0 Å². The second-order valence-corrected chi connectivity index (χ2v) is 8.18. The molecule has 0 fully saturated rings. The Bertz CT molecular complexity index is 952. The van der Waals surface area contributed by atoms with E-state index < -0.39 is 6.10 Å². The number of nitrogens with one attached hydrogen (secondary N) is 1. The van der Waals surface area contributed by atoms with Gasteiger partial charge in [-0.25, -0.2) is 0 Å². The number of unbranched alkanes of at least 4 members (excludes halogenated alkanes) is 4. The second-order valence-electron chi connectivity index (χ2n) is 8.18. The fourth-order valence-corrected chi connectivity index (χ4v) is 3.60. The van der Waals surface area contributed by atoms with E-state index in [-0.39, 0.29) is 5.91 Å². The molecule has 0 saturated heterocycles. The maximum absolute atomic E-state index is 12.8. The lowest BCUT2D eigenvalue weighted by molar-refractivity contribution is -0.122. The number of ether oxygens (including phenoxy) is 2. The van der Waals surface area contributed by atoms with Crippen LogP contribution in [0.1, 0.15) is 52.4 Å². The number of hydrogen-bond acceptors (Lipinski definition) is 3. The summed E-state index contributed by atoms with van der Waals surface area (Å²) >= 11 is 0. The smallest absolute Gasteiger partial charge is 0.265 e. The van der Waals surface area contributed by atoms with Gasteiger partial charge in [-0.15, -0.1) is 0 Å². The molecule has 1 atom stereocenters. The summed E-state index contributed by atoms with van der Waals surface area (Å²) in [7, 11) is 0. The Morgan fingerprint density at radius 2 is 1.39 bits per heavy atom. The van der Waals surface area contributed by atoms with E-state index in [1.165, 1.54) is 25.7 Å². The first-order chi connectivity index (χ1) is 16.2. The van der Waals surface area contributed by atoms with Crippen molar-refractivity contribution in [3.8, 4) is 22.6 Å². The highest BCUT2D eigenvalue weighted by molar-refractivity contribution is 5.94. The number of hydrogen-bond donors (Lipinski definition) is 1. The Morgan fingerprint density at radius 3 is 2.06 bits per heavy atom. The van der Waals surface area contributed by atoms with Crippen molar-refractivity contribution in [2.45, 2.75) is 58.5 Å². The first-order valence-electron chi connectivity index (χ1n) is 12.1. The van der Waals surface area contributed by atoms with Gasteiger partial charge in [0.05, 0.1) is 6.61 Å². The van der Waals surface area contributed by atoms with Gasteiger partial charge < -0.3 is 14.8 Å². The Morgan fingerprint density at radius 1 is 0.758 bits per heavy atom. The molecule has 0 aromatic heterocycles. The molecule has 33 heavy (non-hydrogen) atoms. The normalized spacial score (nSPS) is 11.6. The van der Waals surface area contributed by atoms with Crippen LogP contribution in [0.15, 0.2) is 78.9 Å². The van der Waals surface area contributed by atoms with Gasteiger partial charge in [0.2, 0.25) is 0 Å². The summed E-state index contributed by atoms with van der Waals surface area (Å²) < 4.78 is 11.8. The number of carbonyl (C=O) groups is 1. The van der Waals surface area contributed by atoms with Gasteiger partial charge in [0.15, 0.2) is 6.10 Å². The quantitative estimate of drug-likeness (QED) is 0.277. The van der Waals surface area contributed by atoms with Gasteiger partial charge in [0, 0.05) is 5.69 Å². The molecule has 3 aromatic carbocycles. The van der Waals surface area contributed by atoms with Crippen LogP contribution in [0.3, 0.4) is 0 Å². The van der Waals surface area contributed by atoms with Gasteiger partial charge in [-0.1, -0.05) is 82.0 Å². The molecular weight excluding hydrogens is 410 g/mol. The average Bonchev–Trinajstić information content (AvgIpc) is 2.86. The summed E-state index contributed by atoms with van der Waals surface area (Å²) in [6.07, 6.45) is 6.09. The third-order valence-corrected chi connectivity index (χ3v) is 5.54. The molecule has 0 heterocycles. The van der Waals surface area contributed by atoms with Crippen molar-refractivity contribution in [2.75, 3.05) is 11.9 Å². The minimum atomic E-state index is -0.563. The number of anilines is 1. The molecule has 0 aliphatic heterocycles. The molecule has 0 radical (unpaired) electrons. The van der Waals surface area contributed by atoms with E-state index in [9.17, 15) is 4.79 Å². The Balaban J connectivity index is 1.48. The minimum absolute atomic E-state index is 0.158. The van der Waals surface area contributed by atoms with Crippen LogP contribution in [0.2, 0.25) is 0 Å². The zero-order chi connectivity index (χ0) is 23.3. The van der Waals surface area contributed by atoms with Crippen LogP contribution >= 0.6 is 0 Å². The van der Waals surface area contributed by atoms with E-state index in [1.807, 2.05) is 73.7 Å². The third-order valence-electron chi connectivity index (χ3n) is 5.54. The fraction of sp³-hybridized carbons (Fsp3) is 0.345. The number of carbonyl (C=O) groups excluding carboxylic acids is 1. The zero-order valence-electron chi connectivity index (χ0n) is 19.8. The molecule has 0 bridgehead atoms. The predicted molar refractivity (Wildman–Crippen MR) is 136 cm³/mol. The van der Waals surface area contributed by atoms with E-state index in [1.54, 1.807) is 0 Å². The van der Waals surface area contributed by atoms with Crippen molar-refractivity contribution in [2.24, 2.45) is 0 Å². The zero-order valence-corrected chi connectivity index (χ0v) is 19.8. The lowest BCUT2D eigenvalue weighted by atomic mass is 10.1. The molecule has 1 N–H and O–H groups in total. The summed E-state index contributed by atoms with van der Waals surface area (Å²) in [5.41, 5.74) is 3.00. The molecule has 0 saturated carbocycles. The van der Waals surface area contributed by atoms with Crippen LogP contribution in [-0.2, 0) is 4.79 Å². The SMILES string of the molecule is CCCCCCCOc1ccc(NC(=O)C(CC)Oc2ccc(-c3ccccc3)cc2)cc1. The molecule has 174 valence electrons. The van der Waals surface area contributed by atoms with Gasteiger partial charge in [-0.05, 0) is 60.4 Å². The van der Waals surface area contributed by atoms with Crippen LogP contribution in [0.5, 0.6) is 11.5 Å². The highest BCUT2D eigenvalue weighted by atomic mass is 16.5. The van der Waals surface area contributed by atoms with E-state index in [2.05, 4.69) is 24.4 Å². The first kappa shape index (κ1) is 24.4. The summed E-state index contributed by atoms with van der Waals surface area (Å²) in [6.45, 7) is 4.89. The molecule has 1 amide bonds. The second kappa shape index (κ2) is 13.3. The monoisotopic (exact) mass is 445 g/mol.